The van der Waals surface area contributed by atoms with Gasteiger partial charge in [-0.15, -0.1) is 0 Å². The van der Waals surface area contributed by atoms with Gasteiger partial charge in [-0.05, 0) is 18.2 Å². The molecule has 0 saturated heterocycles. The van der Waals surface area contributed by atoms with Crippen LogP contribution in [0.1, 0.15) is 18.1 Å². The van der Waals surface area contributed by atoms with Crippen molar-refractivity contribution < 1.29 is 0 Å². The van der Waals surface area contributed by atoms with Crippen LogP contribution >= 0.6 is 11.6 Å². The molecule has 0 saturated carbocycles. The maximum Gasteiger partial charge on any atom is 0.0642 e. The molecule has 0 atom stereocenters. The van der Waals surface area contributed by atoms with Crippen molar-refractivity contribution in [3.05, 3.63) is 46.7 Å². The molecule has 0 spiro atoms. The van der Waals surface area contributed by atoms with Gasteiger partial charge >= 0.3 is 0 Å². The van der Waals surface area contributed by atoms with Crippen molar-refractivity contribution in [1.82, 2.24) is 15.1 Å². The molecule has 5 heteroatoms. The average Bonchev–Trinajstić information content (AvgIpc) is 2.81. The second-order valence-corrected chi connectivity index (χ2v) is 5.31. The zero-order chi connectivity index (χ0) is 14.5. The van der Waals surface area contributed by atoms with Crippen LogP contribution in [0.4, 0.5) is 5.69 Å². The van der Waals surface area contributed by atoms with Crippen LogP contribution in [0.15, 0.2) is 30.6 Å². The van der Waals surface area contributed by atoms with E-state index in [2.05, 4.69) is 35.4 Å². The normalized spacial score (nSPS) is 10.8. The number of aromatic nitrogens is 2. The van der Waals surface area contributed by atoms with Gasteiger partial charge in [-0.3, -0.25) is 4.68 Å². The number of halogens is 1. The Morgan fingerprint density at radius 3 is 2.85 bits per heavy atom. The molecule has 0 bridgehead atoms. The molecule has 2 rings (SSSR count). The predicted molar refractivity (Wildman–Crippen MR) is 84.1 cm³/mol. The van der Waals surface area contributed by atoms with Crippen LogP contribution in [0.2, 0.25) is 5.02 Å². The third-order valence-electron chi connectivity index (χ3n) is 3.20. The monoisotopic (exact) mass is 292 g/mol. The van der Waals surface area contributed by atoms with Gasteiger partial charge in [-0.1, -0.05) is 30.7 Å². The molecule has 0 aliphatic carbocycles. The first-order valence-electron chi connectivity index (χ1n) is 6.78. The molecule has 1 aromatic carbocycles. The zero-order valence-electron chi connectivity index (χ0n) is 12.2. The summed E-state index contributed by atoms with van der Waals surface area (Å²) in [6.07, 6.45) is 3.91. The molecule has 0 unspecified atom stereocenters. The van der Waals surface area contributed by atoms with Crippen LogP contribution < -0.4 is 10.2 Å². The number of hydrogen-bond acceptors (Lipinski definition) is 3. The highest BCUT2D eigenvalue weighted by Gasteiger charge is 2.12. The Kier molecular flexibility index (Phi) is 5.04. The van der Waals surface area contributed by atoms with Gasteiger partial charge < -0.3 is 10.2 Å². The number of aryl methyl sites for hydroxylation is 1. The molecule has 0 fully saturated rings. The number of benzene rings is 1. The number of para-hydroxylation sites is 1. The quantitative estimate of drug-likeness (QED) is 0.889. The number of hydrogen-bond donors (Lipinski definition) is 1. The molecule has 2 aromatic rings. The van der Waals surface area contributed by atoms with Crippen molar-refractivity contribution in [3.8, 4) is 0 Å². The summed E-state index contributed by atoms with van der Waals surface area (Å²) in [5, 5.41) is 8.34. The van der Waals surface area contributed by atoms with Crippen LogP contribution in [0.5, 0.6) is 0 Å². The van der Waals surface area contributed by atoms with Crippen molar-refractivity contribution in [3.63, 3.8) is 0 Å². The Morgan fingerprint density at radius 1 is 1.40 bits per heavy atom. The van der Waals surface area contributed by atoms with Crippen molar-refractivity contribution >= 4 is 17.3 Å². The lowest BCUT2D eigenvalue weighted by Crippen LogP contribution is -2.21. The molecule has 1 N–H and O–H groups in total. The van der Waals surface area contributed by atoms with E-state index in [1.807, 2.05) is 36.3 Å². The second-order valence-electron chi connectivity index (χ2n) is 4.91. The first-order chi connectivity index (χ1) is 9.61. The minimum absolute atomic E-state index is 0.784. The maximum atomic E-state index is 6.38. The van der Waals surface area contributed by atoms with Crippen molar-refractivity contribution in [2.24, 2.45) is 7.05 Å². The van der Waals surface area contributed by atoms with Gasteiger partial charge in [-0.2, -0.15) is 5.10 Å². The van der Waals surface area contributed by atoms with E-state index < -0.39 is 0 Å². The highest BCUT2D eigenvalue weighted by molar-refractivity contribution is 6.33. The third kappa shape index (κ3) is 3.52. The molecule has 1 aromatic heterocycles. The highest BCUT2D eigenvalue weighted by Crippen LogP contribution is 2.30. The standard InChI is InChI=1S/C15H21ClN4/c1-4-17-9-13-6-5-7-14(16)15(13)19(2)10-12-8-18-20(3)11-12/h5-8,11,17H,4,9-10H2,1-3H3. The van der Waals surface area contributed by atoms with Gasteiger partial charge in [0.1, 0.15) is 0 Å². The van der Waals surface area contributed by atoms with Crippen molar-refractivity contribution in [2.45, 2.75) is 20.0 Å². The van der Waals surface area contributed by atoms with E-state index >= 15 is 0 Å². The topological polar surface area (TPSA) is 33.1 Å². The molecule has 4 nitrogen and oxygen atoms in total. The molecular weight excluding hydrogens is 272 g/mol. The second kappa shape index (κ2) is 6.77. The van der Waals surface area contributed by atoms with E-state index in [0.717, 1.165) is 30.3 Å². The summed E-state index contributed by atoms with van der Waals surface area (Å²) >= 11 is 6.38. The van der Waals surface area contributed by atoms with Crippen LogP contribution in [0.3, 0.4) is 0 Å². The van der Waals surface area contributed by atoms with Crippen LogP contribution in [0, 0.1) is 0 Å². The van der Waals surface area contributed by atoms with Gasteiger partial charge in [0.25, 0.3) is 0 Å². The lowest BCUT2D eigenvalue weighted by atomic mass is 10.1. The first-order valence-corrected chi connectivity index (χ1v) is 7.16. The molecule has 0 amide bonds. The molecule has 0 radical (unpaired) electrons. The van der Waals surface area contributed by atoms with Crippen molar-refractivity contribution in [2.75, 3.05) is 18.5 Å². The lowest BCUT2D eigenvalue weighted by Gasteiger charge is -2.23. The maximum absolute atomic E-state index is 6.38. The summed E-state index contributed by atoms with van der Waals surface area (Å²) in [6.45, 7) is 4.66. The lowest BCUT2D eigenvalue weighted by molar-refractivity contribution is 0.723. The van der Waals surface area contributed by atoms with E-state index in [1.165, 1.54) is 11.1 Å². The largest absolute Gasteiger partial charge is 0.369 e. The number of nitrogens with one attached hydrogen (secondary N) is 1. The molecule has 0 aliphatic heterocycles. The number of rotatable bonds is 6. The smallest absolute Gasteiger partial charge is 0.0642 e. The SMILES string of the molecule is CCNCc1cccc(Cl)c1N(C)Cc1cnn(C)c1. The average molecular weight is 293 g/mol. The zero-order valence-corrected chi connectivity index (χ0v) is 13.0. The summed E-state index contributed by atoms with van der Waals surface area (Å²) in [4.78, 5) is 2.17. The van der Waals surface area contributed by atoms with E-state index in [0.29, 0.717) is 0 Å². The summed E-state index contributed by atoms with van der Waals surface area (Å²) < 4.78 is 1.81. The third-order valence-corrected chi connectivity index (χ3v) is 3.50. The minimum atomic E-state index is 0.784. The summed E-state index contributed by atoms with van der Waals surface area (Å²) in [7, 11) is 3.99. The fourth-order valence-corrected chi connectivity index (χ4v) is 2.63. The van der Waals surface area contributed by atoms with Crippen LogP contribution in [-0.2, 0) is 20.1 Å². The Hall–Kier alpha value is -1.52. The molecule has 1 heterocycles. The fraction of sp³-hybridized carbons (Fsp3) is 0.400. The van der Waals surface area contributed by atoms with Crippen LogP contribution in [-0.4, -0.2) is 23.4 Å². The van der Waals surface area contributed by atoms with Gasteiger partial charge in [0.05, 0.1) is 16.9 Å². The van der Waals surface area contributed by atoms with E-state index in [1.54, 1.807) is 0 Å². The van der Waals surface area contributed by atoms with Gasteiger partial charge in [0.15, 0.2) is 0 Å². The Bertz CT molecular complexity index is 565. The molecule has 0 aliphatic rings. The van der Waals surface area contributed by atoms with Gasteiger partial charge in [0.2, 0.25) is 0 Å². The van der Waals surface area contributed by atoms with E-state index in [-0.39, 0.29) is 0 Å². The Morgan fingerprint density at radius 2 is 2.20 bits per heavy atom. The summed E-state index contributed by atoms with van der Waals surface area (Å²) in [5.74, 6) is 0. The number of nitrogens with zero attached hydrogens (tertiary/aromatic N) is 3. The first kappa shape index (κ1) is 14.9. The van der Waals surface area contributed by atoms with E-state index in [9.17, 15) is 0 Å². The molecule has 20 heavy (non-hydrogen) atoms. The molecular formula is C15H21ClN4. The minimum Gasteiger partial charge on any atom is -0.369 e. The Balaban J connectivity index is 2.21. The highest BCUT2D eigenvalue weighted by atomic mass is 35.5. The van der Waals surface area contributed by atoms with Crippen molar-refractivity contribution in [1.29, 1.82) is 0 Å². The number of anilines is 1. The fourth-order valence-electron chi connectivity index (χ4n) is 2.30. The van der Waals surface area contributed by atoms with E-state index in [4.69, 9.17) is 11.6 Å². The van der Waals surface area contributed by atoms with Gasteiger partial charge in [0, 0.05) is 38.9 Å². The van der Waals surface area contributed by atoms with Crippen LogP contribution in [0.25, 0.3) is 0 Å². The summed E-state index contributed by atoms with van der Waals surface area (Å²) in [6, 6.07) is 6.05. The Labute approximate surface area is 125 Å². The predicted octanol–water partition coefficient (Wildman–Crippen LogP) is 2.82. The molecule has 108 valence electrons. The summed E-state index contributed by atoms with van der Waals surface area (Å²) in [5.41, 5.74) is 3.47. The van der Waals surface area contributed by atoms with Gasteiger partial charge in [-0.25, -0.2) is 0 Å².